The fraction of sp³-hybridized carbons (Fsp3) is 0.455. The van der Waals surface area contributed by atoms with Gasteiger partial charge in [-0.3, -0.25) is 0 Å². The predicted octanol–water partition coefficient (Wildman–Crippen LogP) is 3.51. The highest BCUT2D eigenvalue weighted by molar-refractivity contribution is 5.26. The highest BCUT2D eigenvalue weighted by Gasteiger charge is 2.30. The van der Waals surface area contributed by atoms with E-state index in [2.05, 4.69) is 4.74 Å². The van der Waals surface area contributed by atoms with Crippen molar-refractivity contribution in [2.45, 2.75) is 26.3 Å². The standard InChI is InChI=1S/C11H13F3O2/c1-2-7-15-8-9-3-5-10(6-4-9)16-11(12,13)14/h3-6H,2,7-8H2,1H3. The quantitative estimate of drug-likeness (QED) is 0.726. The van der Waals surface area contributed by atoms with Gasteiger partial charge in [0.2, 0.25) is 0 Å². The van der Waals surface area contributed by atoms with Crippen molar-refractivity contribution in [2.24, 2.45) is 0 Å². The summed E-state index contributed by atoms with van der Waals surface area (Å²) in [5, 5.41) is 0. The Morgan fingerprint density at radius 2 is 1.75 bits per heavy atom. The molecule has 1 aromatic carbocycles. The number of hydrogen-bond acceptors (Lipinski definition) is 2. The Hall–Kier alpha value is -1.23. The summed E-state index contributed by atoms with van der Waals surface area (Å²) in [6, 6.07) is 5.66. The van der Waals surface area contributed by atoms with Crippen LogP contribution in [0.2, 0.25) is 0 Å². The second kappa shape index (κ2) is 5.75. The Labute approximate surface area is 92.0 Å². The molecule has 0 aromatic heterocycles. The van der Waals surface area contributed by atoms with E-state index in [0.717, 1.165) is 12.0 Å². The van der Waals surface area contributed by atoms with Gasteiger partial charge in [0.25, 0.3) is 0 Å². The van der Waals surface area contributed by atoms with Gasteiger partial charge in [0.15, 0.2) is 0 Å². The molecule has 0 atom stereocenters. The highest BCUT2D eigenvalue weighted by atomic mass is 19.4. The molecule has 0 unspecified atom stereocenters. The number of rotatable bonds is 5. The van der Waals surface area contributed by atoms with E-state index in [1.54, 1.807) is 12.1 Å². The van der Waals surface area contributed by atoms with Gasteiger partial charge in [-0.2, -0.15) is 0 Å². The summed E-state index contributed by atoms with van der Waals surface area (Å²) < 4.78 is 44.5. The van der Waals surface area contributed by atoms with Crippen LogP contribution in [0.3, 0.4) is 0 Å². The zero-order chi connectivity index (χ0) is 12.0. The molecule has 0 aliphatic carbocycles. The van der Waals surface area contributed by atoms with E-state index < -0.39 is 6.36 Å². The highest BCUT2D eigenvalue weighted by Crippen LogP contribution is 2.22. The summed E-state index contributed by atoms with van der Waals surface area (Å²) in [6.07, 6.45) is -3.73. The Kier molecular flexibility index (Phi) is 4.61. The van der Waals surface area contributed by atoms with Gasteiger partial charge in [0.1, 0.15) is 5.75 Å². The van der Waals surface area contributed by atoms with E-state index in [-0.39, 0.29) is 5.75 Å². The monoisotopic (exact) mass is 234 g/mol. The van der Waals surface area contributed by atoms with E-state index >= 15 is 0 Å². The maximum absolute atomic E-state index is 11.8. The molecule has 0 radical (unpaired) electrons. The van der Waals surface area contributed by atoms with Crippen LogP contribution >= 0.6 is 0 Å². The summed E-state index contributed by atoms with van der Waals surface area (Å²) >= 11 is 0. The Morgan fingerprint density at radius 1 is 1.12 bits per heavy atom. The van der Waals surface area contributed by atoms with Crippen molar-refractivity contribution in [1.82, 2.24) is 0 Å². The molecule has 2 nitrogen and oxygen atoms in total. The lowest BCUT2D eigenvalue weighted by molar-refractivity contribution is -0.274. The Bertz CT molecular complexity index is 306. The lowest BCUT2D eigenvalue weighted by atomic mass is 10.2. The number of ether oxygens (including phenoxy) is 2. The lowest BCUT2D eigenvalue weighted by Gasteiger charge is -2.09. The number of halogens is 3. The maximum atomic E-state index is 11.8. The molecule has 0 bridgehead atoms. The maximum Gasteiger partial charge on any atom is 0.573 e. The molecule has 0 spiro atoms. The van der Waals surface area contributed by atoms with E-state index in [0.29, 0.717) is 13.2 Å². The van der Waals surface area contributed by atoms with Crippen molar-refractivity contribution in [1.29, 1.82) is 0 Å². The Morgan fingerprint density at radius 3 is 2.25 bits per heavy atom. The number of hydrogen-bond donors (Lipinski definition) is 0. The van der Waals surface area contributed by atoms with E-state index in [1.165, 1.54) is 12.1 Å². The molecular formula is C11H13F3O2. The first kappa shape index (κ1) is 12.8. The third-order valence-corrected chi connectivity index (χ3v) is 1.77. The van der Waals surface area contributed by atoms with Gasteiger partial charge in [-0.25, -0.2) is 0 Å². The van der Waals surface area contributed by atoms with Crippen molar-refractivity contribution in [3.8, 4) is 5.75 Å². The van der Waals surface area contributed by atoms with Gasteiger partial charge < -0.3 is 9.47 Å². The van der Waals surface area contributed by atoms with Gasteiger partial charge in [0.05, 0.1) is 6.61 Å². The van der Waals surface area contributed by atoms with Gasteiger partial charge >= 0.3 is 6.36 Å². The fourth-order valence-electron chi connectivity index (χ4n) is 1.12. The fourth-order valence-corrected chi connectivity index (χ4v) is 1.12. The van der Waals surface area contributed by atoms with Crippen molar-refractivity contribution in [3.63, 3.8) is 0 Å². The molecule has 16 heavy (non-hydrogen) atoms. The largest absolute Gasteiger partial charge is 0.573 e. The van der Waals surface area contributed by atoms with E-state index in [1.807, 2.05) is 6.92 Å². The third kappa shape index (κ3) is 5.02. The van der Waals surface area contributed by atoms with Crippen molar-refractivity contribution in [3.05, 3.63) is 29.8 Å². The van der Waals surface area contributed by atoms with E-state index in [9.17, 15) is 13.2 Å². The molecule has 0 heterocycles. The van der Waals surface area contributed by atoms with Crippen LogP contribution in [0.4, 0.5) is 13.2 Å². The average Bonchev–Trinajstić information content (AvgIpc) is 2.19. The van der Waals surface area contributed by atoms with Crippen LogP contribution in [0.25, 0.3) is 0 Å². The first-order valence-electron chi connectivity index (χ1n) is 4.93. The minimum absolute atomic E-state index is 0.216. The van der Waals surface area contributed by atoms with E-state index in [4.69, 9.17) is 4.74 Å². The van der Waals surface area contributed by atoms with Crippen molar-refractivity contribution in [2.75, 3.05) is 6.61 Å². The normalized spacial score (nSPS) is 11.5. The molecule has 0 N–H and O–H groups in total. The molecule has 0 saturated carbocycles. The number of alkyl halides is 3. The first-order valence-corrected chi connectivity index (χ1v) is 4.93. The van der Waals surface area contributed by atoms with Crippen LogP contribution in [-0.4, -0.2) is 13.0 Å². The molecule has 0 saturated heterocycles. The minimum Gasteiger partial charge on any atom is -0.406 e. The van der Waals surface area contributed by atoms with Crippen LogP contribution in [0.1, 0.15) is 18.9 Å². The van der Waals surface area contributed by atoms with Crippen LogP contribution < -0.4 is 4.74 Å². The van der Waals surface area contributed by atoms with Crippen LogP contribution in [0.5, 0.6) is 5.75 Å². The van der Waals surface area contributed by atoms with Gasteiger partial charge in [-0.1, -0.05) is 19.1 Å². The number of benzene rings is 1. The molecule has 0 fully saturated rings. The van der Waals surface area contributed by atoms with Gasteiger partial charge in [-0.05, 0) is 24.1 Å². The lowest BCUT2D eigenvalue weighted by Crippen LogP contribution is -2.17. The van der Waals surface area contributed by atoms with Crippen LogP contribution in [0, 0.1) is 0 Å². The molecule has 0 aliphatic heterocycles. The zero-order valence-corrected chi connectivity index (χ0v) is 8.88. The van der Waals surface area contributed by atoms with Crippen molar-refractivity contribution < 1.29 is 22.6 Å². The topological polar surface area (TPSA) is 18.5 Å². The molecule has 0 aliphatic rings. The Balaban J connectivity index is 2.48. The van der Waals surface area contributed by atoms with Crippen molar-refractivity contribution >= 4 is 0 Å². The molecule has 90 valence electrons. The average molecular weight is 234 g/mol. The predicted molar refractivity (Wildman–Crippen MR) is 53.1 cm³/mol. The van der Waals surface area contributed by atoms with Gasteiger partial charge in [0, 0.05) is 6.61 Å². The summed E-state index contributed by atoms with van der Waals surface area (Å²) in [6.45, 7) is 3.03. The molecule has 0 amide bonds. The zero-order valence-electron chi connectivity index (χ0n) is 8.88. The molecule has 5 heteroatoms. The second-order valence-electron chi connectivity index (χ2n) is 3.24. The summed E-state index contributed by atoms with van der Waals surface area (Å²) in [5.41, 5.74) is 0.822. The first-order chi connectivity index (χ1) is 7.51. The van der Waals surface area contributed by atoms with Crippen LogP contribution in [0.15, 0.2) is 24.3 Å². The molecule has 1 aromatic rings. The summed E-state index contributed by atoms with van der Waals surface area (Å²) in [5.74, 6) is -0.216. The molecule has 1 rings (SSSR count). The summed E-state index contributed by atoms with van der Waals surface area (Å²) in [4.78, 5) is 0. The van der Waals surface area contributed by atoms with Crippen LogP contribution in [-0.2, 0) is 11.3 Å². The smallest absolute Gasteiger partial charge is 0.406 e. The minimum atomic E-state index is -4.64. The summed E-state index contributed by atoms with van der Waals surface area (Å²) in [7, 11) is 0. The molecular weight excluding hydrogens is 221 g/mol. The van der Waals surface area contributed by atoms with Gasteiger partial charge in [-0.15, -0.1) is 13.2 Å². The third-order valence-electron chi connectivity index (χ3n) is 1.77. The SMILES string of the molecule is CCCOCc1ccc(OC(F)(F)F)cc1. The second-order valence-corrected chi connectivity index (χ2v) is 3.24.